The highest BCUT2D eigenvalue weighted by molar-refractivity contribution is 5.67. The van der Waals surface area contributed by atoms with E-state index in [0.29, 0.717) is 31.6 Å². The third kappa shape index (κ3) is 3.72. The Bertz CT molecular complexity index is 539. The highest BCUT2D eigenvalue weighted by atomic mass is 16.5. The molecule has 1 atom stereocenters. The lowest BCUT2D eigenvalue weighted by Gasteiger charge is -2.31. The molecule has 104 valence electrons. The van der Waals surface area contributed by atoms with Crippen LogP contribution < -0.4 is 0 Å². The van der Waals surface area contributed by atoms with Crippen LogP contribution >= 0.6 is 0 Å². The van der Waals surface area contributed by atoms with Gasteiger partial charge in [-0.15, -0.1) is 6.42 Å². The third-order valence-electron chi connectivity index (χ3n) is 3.33. The quantitative estimate of drug-likeness (QED) is 0.622. The van der Waals surface area contributed by atoms with Crippen molar-refractivity contribution in [1.29, 1.82) is 0 Å². The molecule has 0 aromatic heterocycles. The van der Waals surface area contributed by atoms with Crippen LogP contribution in [0.3, 0.4) is 0 Å². The van der Waals surface area contributed by atoms with E-state index in [1.54, 1.807) is 0 Å². The van der Waals surface area contributed by atoms with Crippen LogP contribution in [0.4, 0.5) is 0 Å². The van der Waals surface area contributed by atoms with Crippen LogP contribution in [0.25, 0.3) is 0 Å². The lowest BCUT2D eigenvalue weighted by Crippen LogP contribution is -2.32. The van der Waals surface area contributed by atoms with E-state index in [0.717, 1.165) is 5.56 Å². The van der Waals surface area contributed by atoms with E-state index >= 15 is 0 Å². The van der Waals surface area contributed by atoms with Gasteiger partial charge in [0.25, 0.3) is 0 Å². The van der Waals surface area contributed by atoms with Gasteiger partial charge in [-0.25, -0.2) is 0 Å². The van der Waals surface area contributed by atoms with Gasteiger partial charge < -0.3 is 9.47 Å². The molecule has 1 aliphatic rings. The molecule has 0 amide bonds. The van der Waals surface area contributed by atoms with E-state index in [4.69, 9.17) is 15.9 Å². The molecule has 1 unspecified atom stereocenters. The van der Waals surface area contributed by atoms with Crippen LogP contribution in [-0.4, -0.2) is 11.6 Å². The zero-order chi connectivity index (χ0) is 14.4. The summed E-state index contributed by atoms with van der Waals surface area (Å²) in [6.45, 7) is 1.89. The summed E-state index contributed by atoms with van der Waals surface area (Å²) < 4.78 is 11.0. The first kappa shape index (κ1) is 14.4. The number of allylic oxidation sites excluding steroid dienone is 1. The van der Waals surface area contributed by atoms with Crippen molar-refractivity contribution in [3.8, 4) is 12.3 Å². The predicted octanol–water partition coefficient (Wildman–Crippen LogP) is 3.21. The van der Waals surface area contributed by atoms with Crippen LogP contribution in [-0.2, 0) is 20.9 Å². The fourth-order valence-corrected chi connectivity index (χ4v) is 2.18. The maximum Gasteiger partial charge on any atom is 0.307 e. The largest absolute Gasteiger partial charge is 0.432 e. The van der Waals surface area contributed by atoms with Crippen LogP contribution in [0, 0.1) is 12.3 Å². The summed E-state index contributed by atoms with van der Waals surface area (Å²) in [4.78, 5) is 10.9. The number of terminal acetylenes is 1. The maximum absolute atomic E-state index is 10.9. The molecule has 0 saturated heterocycles. The lowest BCUT2D eigenvalue weighted by atomic mass is 9.89. The van der Waals surface area contributed by atoms with Crippen molar-refractivity contribution in [2.75, 3.05) is 0 Å². The van der Waals surface area contributed by atoms with Gasteiger partial charge in [-0.05, 0) is 18.1 Å². The van der Waals surface area contributed by atoms with Crippen LogP contribution in [0.1, 0.15) is 31.7 Å². The summed E-state index contributed by atoms with van der Waals surface area (Å²) in [5, 5.41) is 0. The Labute approximate surface area is 119 Å². The Morgan fingerprint density at radius 2 is 2.15 bits per heavy atom. The van der Waals surface area contributed by atoms with E-state index in [1.165, 1.54) is 6.92 Å². The summed E-state index contributed by atoms with van der Waals surface area (Å²) in [6.07, 6.45) is 9.35. The SMILES string of the molecule is C#CC1(OCc2ccccc2)CC=C(OC(C)=O)CC1. The minimum Gasteiger partial charge on any atom is -0.432 e. The topological polar surface area (TPSA) is 35.5 Å². The Balaban J connectivity index is 1.97. The number of rotatable bonds is 4. The Hall–Kier alpha value is -2.05. The smallest absolute Gasteiger partial charge is 0.307 e. The second-order valence-corrected chi connectivity index (χ2v) is 4.88. The van der Waals surface area contributed by atoms with E-state index in [1.807, 2.05) is 36.4 Å². The summed E-state index contributed by atoms with van der Waals surface area (Å²) >= 11 is 0. The van der Waals surface area contributed by atoms with Gasteiger partial charge >= 0.3 is 5.97 Å². The monoisotopic (exact) mass is 270 g/mol. The standard InChI is InChI=1S/C17H18O3/c1-3-17(19-13-15-7-5-4-6-8-15)11-9-16(10-12-17)20-14(2)18/h1,4-9H,10-13H2,2H3. The van der Waals surface area contributed by atoms with Gasteiger partial charge in [-0.2, -0.15) is 0 Å². The first-order chi connectivity index (χ1) is 9.63. The molecule has 3 nitrogen and oxygen atoms in total. The minimum atomic E-state index is -0.598. The molecule has 0 spiro atoms. The Morgan fingerprint density at radius 3 is 2.70 bits per heavy atom. The first-order valence-corrected chi connectivity index (χ1v) is 6.67. The molecule has 0 aliphatic heterocycles. The van der Waals surface area contributed by atoms with Gasteiger partial charge in [0.2, 0.25) is 0 Å². The van der Waals surface area contributed by atoms with Gasteiger partial charge in [0.1, 0.15) is 11.4 Å². The number of hydrogen-bond acceptors (Lipinski definition) is 3. The minimum absolute atomic E-state index is 0.297. The highest BCUT2D eigenvalue weighted by Crippen LogP contribution is 2.31. The fourth-order valence-electron chi connectivity index (χ4n) is 2.18. The number of carbonyl (C=O) groups excluding carboxylic acids is 1. The van der Waals surface area contributed by atoms with Crippen LogP contribution in [0.15, 0.2) is 42.2 Å². The van der Waals surface area contributed by atoms with Crippen molar-refractivity contribution in [3.05, 3.63) is 47.7 Å². The lowest BCUT2D eigenvalue weighted by molar-refractivity contribution is -0.137. The number of hydrogen-bond donors (Lipinski definition) is 0. The zero-order valence-corrected chi connectivity index (χ0v) is 11.6. The van der Waals surface area contributed by atoms with Gasteiger partial charge in [-0.3, -0.25) is 4.79 Å². The first-order valence-electron chi connectivity index (χ1n) is 6.67. The number of carbonyl (C=O) groups is 1. The highest BCUT2D eigenvalue weighted by Gasteiger charge is 2.31. The molecular weight excluding hydrogens is 252 g/mol. The van der Waals surface area contributed by atoms with E-state index in [-0.39, 0.29) is 5.97 Å². The summed E-state index contributed by atoms with van der Waals surface area (Å²) in [6, 6.07) is 9.93. The summed E-state index contributed by atoms with van der Waals surface area (Å²) in [5.41, 5.74) is 0.497. The number of ether oxygens (including phenoxy) is 2. The van der Waals surface area contributed by atoms with Crippen LogP contribution in [0.2, 0.25) is 0 Å². The van der Waals surface area contributed by atoms with Crippen molar-refractivity contribution in [3.63, 3.8) is 0 Å². The molecule has 0 saturated carbocycles. The molecule has 0 N–H and O–H groups in total. The molecule has 1 aromatic rings. The molecule has 2 rings (SSSR count). The molecule has 1 aliphatic carbocycles. The second-order valence-electron chi connectivity index (χ2n) is 4.88. The van der Waals surface area contributed by atoms with Crippen LogP contribution in [0.5, 0.6) is 0 Å². The fraction of sp³-hybridized carbons (Fsp3) is 0.353. The van der Waals surface area contributed by atoms with Gasteiger partial charge in [0, 0.05) is 19.8 Å². The molecule has 0 heterocycles. The average Bonchev–Trinajstić information content (AvgIpc) is 2.47. The Morgan fingerprint density at radius 1 is 1.40 bits per heavy atom. The van der Waals surface area contributed by atoms with Gasteiger partial charge in [0.05, 0.1) is 6.61 Å². The van der Waals surface area contributed by atoms with Crippen molar-refractivity contribution in [2.45, 2.75) is 38.4 Å². The maximum atomic E-state index is 10.9. The summed E-state index contributed by atoms with van der Waals surface area (Å²) in [5.74, 6) is 3.14. The third-order valence-corrected chi connectivity index (χ3v) is 3.33. The van der Waals surface area contributed by atoms with Gasteiger partial charge in [-0.1, -0.05) is 36.3 Å². The number of benzene rings is 1. The summed E-state index contributed by atoms with van der Waals surface area (Å²) in [7, 11) is 0. The average molecular weight is 270 g/mol. The molecular formula is C17H18O3. The van der Waals surface area contributed by atoms with Gasteiger partial charge in [0.15, 0.2) is 0 Å². The van der Waals surface area contributed by atoms with Crippen molar-refractivity contribution < 1.29 is 14.3 Å². The van der Waals surface area contributed by atoms with Crippen molar-refractivity contribution in [1.82, 2.24) is 0 Å². The van der Waals surface area contributed by atoms with Crippen molar-refractivity contribution >= 4 is 5.97 Å². The number of esters is 1. The second kappa shape index (κ2) is 6.40. The van der Waals surface area contributed by atoms with E-state index < -0.39 is 5.60 Å². The molecule has 1 aromatic carbocycles. The molecule has 20 heavy (non-hydrogen) atoms. The molecule has 0 fully saturated rings. The predicted molar refractivity (Wildman–Crippen MR) is 76.5 cm³/mol. The van der Waals surface area contributed by atoms with E-state index in [2.05, 4.69) is 5.92 Å². The molecule has 3 heteroatoms. The Kier molecular flexibility index (Phi) is 4.60. The molecule has 0 radical (unpaired) electrons. The zero-order valence-electron chi connectivity index (χ0n) is 11.6. The van der Waals surface area contributed by atoms with E-state index in [9.17, 15) is 4.79 Å². The molecule has 0 bridgehead atoms. The van der Waals surface area contributed by atoms with Crippen molar-refractivity contribution in [2.24, 2.45) is 0 Å². The normalized spacial score (nSPS) is 21.7.